The van der Waals surface area contributed by atoms with Crippen LogP contribution in [0.25, 0.3) is 0 Å². The van der Waals surface area contributed by atoms with E-state index in [0.717, 1.165) is 25.3 Å². The fourth-order valence-corrected chi connectivity index (χ4v) is 2.53. The largest absolute Gasteiger partial charge is 0.374 e. The molecule has 1 heterocycles. The minimum atomic E-state index is -0.265. The van der Waals surface area contributed by atoms with Crippen LogP contribution in [0.5, 0.6) is 0 Å². The summed E-state index contributed by atoms with van der Waals surface area (Å²) in [7, 11) is 2.07. The van der Waals surface area contributed by atoms with Gasteiger partial charge in [-0.25, -0.2) is 4.39 Å². The molecule has 0 radical (unpaired) electrons. The van der Waals surface area contributed by atoms with Gasteiger partial charge in [0.1, 0.15) is 5.82 Å². The average molecular weight is 323 g/mol. The van der Waals surface area contributed by atoms with E-state index in [2.05, 4.69) is 22.6 Å². The van der Waals surface area contributed by atoms with Crippen LogP contribution in [0.2, 0.25) is 0 Å². The standard InChI is InChI=1S/C17H26FN3O2/c1-13(20-11-16-12-21(2)9-10-23-16)17(22)19-8-7-14-3-5-15(18)6-4-14/h3-6,13,16,20H,7-12H2,1-2H3,(H,19,22). The number of benzene rings is 1. The second-order valence-electron chi connectivity index (χ2n) is 6.05. The molecule has 128 valence electrons. The summed E-state index contributed by atoms with van der Waals surface area (Å²) in [6.07, 6.45) is 0.818. The molecule has 23 heavy (non-hydrogen) atoms. The van der Waals surface area contributed by atoms with Gasteiger partial charge in [-0.15, -0.1) is 0 Å². The molecule has 0 aliphatic carbocycles. The van der Waals surface area contributed by atoms with Crippen molar-refractivity contribution in [2.24, 2.45) is 0 Å². The fourth-order valence-electron chi connectivity index (χ4n) is 2.53. The van der Waals surface area contributed by atoms with Crippen LogP contribution in [0.15, 0.2) is 24.3 Å². The Balaban J connectivity index is 1.63. The number of amides is 1. The summed E-state index contributed by atoms with van der Waals surface area (Å²) in [5, 5.41) is 6.11. The molecule has 0 spiro atoms. The zero-order chi connectivity index (χ0) is 16.7. The molecule has 1 aliphatic heterocycles. The van der Waals surface area contributed by atoms with Crippen LogP contribution in [0.4, 0.5) is 4.39 Å². The van der Waals surface area contributed by atoms with E-state index in [1.165, 1.54) is 12.1 Å². The molecule has 0 bridgehead atoms. The molecule has 2 unspecified atom stereocenters. The van der Waals surface area contributed by atoms with E-state index in [4.69, 9.17) is 4.74 Å². The lowest BCUT2D eigenvalue weighted by atomic mass is 10.1. The monoisotopic (exact) mass is 323 g/mol. The van der Waals surface area contributed by atoms with Gasteiger partial charge in [0.15, 0.2) is 0 Å². The van der Waals surface area contributed by atoms with Gasteiger partial charge in [-0.2, -0.15) is 0 Å². The van der Waals surface area contributed by atoms with Crippen LogP contribution in [0, 0.1) is 5.82 Å². The van der Waals surface area contributed by atoms with Crippen LogP contribution in [0.1, 0.15) is 12.5 Å². The number of carbonyl (C=O) groups is 1. The van der Waals surface area contributed by atoms with E-state index in [0.29, 0.717) is 19.5 Å². The van der Waals surface area contributed by atoms with Crippen LogP contribution in [0.3, 0.4) is 0 Å². The summed E-state index contributed by atoms with van der Waals surface area (Å²) in [6.45, 7) is 5.62. The summed E-state index contributed by atoms with van der Waals surface area (Å²) in [5.41, 5.74) is 1.01. The van der Waals surface area contributed by atoms with Crippen molar-refractivity contribution in [2.45, 2.75) is 25.5 Å². The Labute approximate surface area is 137 Å². The number of halogens is 1. The normalized spacial score (nSPS) is 20.2. The number of likely N-dealkylation sites (N-methyl/N-ethyl adjacent to an activating group) is 1. The van der Waals surface area contributed by atoms with Gasteiger partial charge >= 0.3 is 0 Å². The molecule has 2 N–H and O–H groups in total. The molecular weight excluding hydrogens is 297 g/mol. The highest BCUT2D eigenvalue weighted by molar-refractivity contribution is 5.81. The number of hydrogen-bond donors (Lipinski definition) is 2. The van der Waals surface area contributed by atoms with E-state index in [1.807, 2.05) is 6.92 Å². The fraction of sp³-hybridized carbons (Fsp3) is 0.588. The van der Waals surface area contributed by atoms with Gasteiger partial charge in [0.25, 0.3) is 0 Å². The summed E-state index contributed by atoms with van der Waals surface area (Å²) in [6, 6.07) is 6.07. The first-order chi connectivity index (χ1) is 11.0. The number of nitrogens with one attached hydrogen (secondary N) is 2. The van der Waals surface area contributed by atoms with E-state index in [9.17, 15) is 9.18 Å². The third-order valence-corrected chi connectivity index (χ3v) is 4.01. The highest BCUT2D eigenvalue weighted by Crippen LogP contribution is 2.03. The summed E-state index contributed by atoms with van der Waals surface area (Å²) in [5.74, 6) is -0.275. The summed E-state index contributed by atoms with van der Waals surface area (Å²) >= 11 is 0. The third-order valence-electron chi connectivity index (χ3n) is 4.01. The van der Waals surface area contributed by atoms with Crippen molar-refractivity contribution < 1.29 is 13.9 Å². The van der Waals surface area contributed by atoms with Crippen LogP contribution < -0.4 is 10.6 Å². The second kappa shape index (κ2) is 8.96. The maximum atomic E-state index is 12.8. The third kappa shape index (κ3) is 6.25. The number of ether oxygens (including phenoxy) is 1. The van der Waals surface area contributed by atoms with E-state index in [1.54, 1.807) is 12.1 Å². The molecule has 2 rings (SSSR count). The van der Waals surface area contributed by atoms with Crippen molar-refractivity contribution in [3.05, 3.63) is 35.6 Å². The second-order valence-corrected chi connectivity index (χ2v) is 6.05. The molecule has 1 aliphatic rings. The molecular formula is C17H26FN3O2. The molecule has 1 aromatic carbocycles. The van der Waals surface area contributed by atoms with Crippen molar-refractivity contribution in [1.29, 1.82) is 0 Å². The highest BCUT2D eigenvalue weighted by atomic mass is 19.1. The lowest BCUT2D eigenvalue weighted by molar-refractivity contribution is -0.122. The zero-order valence-electron chi connectivity index (χ0n) is 13.8. The zero-order valence-corrected chi connectivity index (χ0v) is 13.8. The van der Waals surface area contributed by atoms with Gasteiger partial charge in [-0.1, -0.05) is 12.1 Å². The number of nitrogens with zero attached hydrogens (tertiary/aromatic N) is 1. The van der Waals surface area contributed by atoms with Gasteiger partial charge < -0.3 is 20.3 Å². The first-order valence-electron chi connectivity index (χ1n) is 8.10. The first kappa shape index (κ1) is 17.8. The van der Waals surface area contributed by atoms with Crippen LogP contribution >= 0.6 is 0 Å². The van der Waals surface area contributed by atoms with Crippen molar-refractivity contribution in [1.82, 2.24) is 15.5 Å². The predicted octanol–water partition coefficient (Wildman–Crippen LogP) is 0.793. The molecule has 0 aromatic heterocycles. The van der Waals surface area contributed by atoms with Gasteiger partial charge in [-0.3, -0.25) is 4.79 Å². The summed E-state index contributed by atoms with van der Waals surface area (Å²) < 4.78 is 18.5. The van der Waals surface area contributed by atoms with Gasteiger partial charge in [0.05, 0.1) is 18.8 Å². The Morgan fingerprint density at radius 2 is 2.17 bits per heavy atom. The number of hydrogen-bond acceptors (Lipinski definition) is 4. The Bertz CT molecular complexity index is 495. The maximum absolute atomic E-state index is 12.8. The van der Waals surface area contributed by atoms with E-state index in [-0.39, 0.29) is 23.9 Å². The molecule has 0 saturated carbocycles. The lowest BCUT2D eigenvalue weighted by Crippen LogP contribution is -2.49. The quantitative estimate of drug-likeness (QED) is 0.779. The maximum Gasteiger partial charge on any atom is 0.236 e. The van der Waals surface area contributed by atoms with Crippen molar-refractivity contribution >= 4 is 5.91 Å². The Morgan fingerprint density at radius 3 is 2.87 bits per heavy atom. The molecule has 1 amide bonds. The van der Waals surface area contributed by atoms with Crippen LogP contribution in [-0.2, 0) is 16.0 Å². The average Bonchev–Trinajstić information content (AvgIpc) is 2.54. The Hall–Kier alpha value is -1.50. The van der Waals surface area contributed by atoms with Crippen molar-refractivity contribution in [2.75, 3.05) is 39.8 Å². The van der Waals surface area contributed by atoms with Crippen molar-refractivity contribution in [3.8, 4) is 0 Å². The molecule has 5 nitrogen and oxygen atoms in total. The molecule has 1 aromatic rings. The first-order valence-corrected chi connectivity index (χ1v) is 8.10. The van der Waals surface area contributed by atoms with Gasteiger partial charge in [0, 0.05) is 26.2 Å². The summed E-state index contributed by atoms with van der Waals surface area (Å²) in [4.78, 5) is 14.3. The van der Waals surface area contributed by atoms with Crippen molar-refractivity contribution in [3.63, 3.8) is 0 Å². The minimum absolute atomic E-state index is 0.0312. The van der Waals surface area contributed by atoms with Gasteiger partial charge in [0.2, 0.25) is 5.91 Å². The number of rotatable bonds is 7. The number of carbonyl (C=O) groups excluding carboxylic acids is 1. The van der Waals surface area contributed by atoms with E-state index >= 15 is 0 Å². The van der Waals surface area contributed by atoms with Crippen LogP contribution in [-0.4, -0.2) is 62.8 Å². The topological polar surface area (TPSA) is 53.6 Å². The van der Waals surface area contributed by atoms with E-state index < -0.39 is 0 Å². The molecule has 1 saturated heterocycles. The highest BCUT2D eigenvalue weighted by Gasteiger charge is 2.19. The Kier molecular flexibility index (Phi) is 6.95. The number of morpholine rings is 1. The Morgan fingerprint density at radius 1 is 1.43 bits per heavy atom. The molecule has 1 fully saturated rings. The predicted molar refractivity (Wildman–Crippen MR) is 87.8 cm³/mol. The smallest absolute Gasteiger partial charge is 0.236 e. The van der Waals surface area contributed by atoms with Gasteiger partial charge in [-0.05, 0) is 38.1 Å². The molecule has 2 atom stereocenters. The lowest BCUT2D eigenvalue weighted by Gasteiger charge is -2.30. The molecule has 6 heteroatoms. The SMILES string of the molecule is CC(NCC1CN(C)CCO1)C(=O)NCCc1ccc(F)cc1. The minimum Gasteiger partial charge on any atom is -0.374 e.